The maximum Gasteiger partial charge on any atom is 0.257 e. The SMILES string of the molecule is Cc1cc(=O)n2c(n1)NC(N1CCCCC1)=NC2c1ccccn1. The molecular formula is C17H20N6O. The lowest BCUT2D eigenvalue weighted by atomic mass is 10.1. The Morgan fingerprint density at radius 1 is 1.21 bits per heavy atom. The molecule has 2 aliphatic heterocycles. The number of guanidine groups is 1. The number of aromatic nitrogens is 3. The highest BCUT2D eigenvalue weighted by atomic mass is 16.1. The van der Waals surface area contributed by atoms with Crippen LogP contribution in [0.3, 0.4) is 0 Å². The van der Waals surface area contributed by atoms with Crippen LogP contribution in [0.4, 0.5) is 5.95 Å². The fourth-order valence-electron chi connectivity index (χ4n) is 3.23. The summed E-state index contributed by atoms with van der Waals surface area (Å²) in [6, 6.07) is 7.19. The fraction of sp³-hybridized carbons (Fsp3) is 0.412. The molecule has 7 heteroatoms. The van der Waals surface area contributed by atoms with E-state index in [4.69, 9.17) is 4.99 Å². The second-order valence-corrected chi connectivity index (χ2v) is 6.18. The molecule has 1 fully saturated rings. The molecule has 0 amide bonds. The summed E-state index contributed by atoms with van der Waals surface area (Å²) in [4.78, 5) is 28.5. The first kappa shape index (κ1) is 14.9. The van der Waals surface area contributed by atoms with Gasteiger partial charge in [-0.2, -0.15) is 0 Å². The van der Waals surface area contributed by atoms with E-state index in [2.05, 4.69) is 20.2 Å². The highest BCUT2D eigenvalue weighted by Crippen LogP contribution is 2.25. The largest absolute Gasteiger partial charge is 0.343 e. The molecule has 4 rings (SSSR count). The first-order chi connectivity index (χ1) is 11.7. The highest BCUT2D eigenvalue weighted by Gasteiger charge is 2.28. The minimum Gasteiger partial charge on any atom is -0.343 e. The molecule has 1 N–H and O–H groups in total. The van der Waals surface area contributed by atoms with Gasteiger partial charge in [-0.15, -0.1) is 0 Å². The van der Waals surface area contributed by atoms with Crippen molar-refractivity contribution < 1.29 is 0 Å². The molecule has 1 atom stereocenters. The Bertz CT molecular complexity index is 823. The molecule has 0 spiro atoms. The van der Waals surface area contributed by atoms with Crippen molar-refractivity contribution in [3.05, 3.63) is 52.2 Å². The van der Waals surface area contributed by atoms with Gasteiger partial charge >= 0.3 is 0 Å². The van der Waals surface area contributed by atoms with Crippen molar-refractivity contribution in [1.82, 2.24) is 19.4 Å². The van der Waals surface area contributed by atoms with E-state index in [1.54, 1.807) is 10.8 Å². The smallest absolute Gasteiger partial charge is 0.257 e. The minimum atomic E-state index is -0.486. The lowest BCUT2D eigenvalue weighted by Crippen LogP contribution is -2.45. The zero-order valence-corrected chi connectivity index (χ0v) is 13.6. The van der Waals surface area contributed by atoms with Gasteiger partial charge in [0.05, 0.1) is 5.69 Å². The number of pyridine rings is 1. The van der Waals surface area contributed by atoms with Gasteiger partial charge in [-0.05, 0) is 38.3 Å². The Morgan fingerprint density at radius 3 is 2.79 bits per heavy atom. The average Bonchev–Trinajstić information content (AvgIpc) is 2.62. The van der Waals surface area contributed by atoms with Gasteiger partial charge in [-0.25, -0.2) is 14.5 Å². The maximum atomic E-state index is 12.5. The molecule has 2 aromatic heterocycles. The Hall–Kier alpha value is -2.70. The Balaban J connectivity index is 1.82. The Kier molecular flexibility index (Phi) is 3.76. The van der Waals surface area contributed by atoms with Gasteiger partial charge in [-0.3, -0.25) is 15.1 Å². The molecule has 0 bridgehead atoms. The zero-order valence-electron chi connectivity index (χ0n) is 13.6. The van der Waals surface area contributed by atoms with E-state index in [0.29, 0.717) is 11.6 Å². The van der Waals surface area contributed by atoms with Crippen LogP contribution in [0.1, 0.15) is 36.8 Å². The number of rotatable bonds is 1. The van der Waals surface area contributed by atoms with Crippen LogP contribution in [0, 0.1) is 6.92 Å². The van der Waals surface area contributed by atoms with Gasteiger partial charge in [-0.1, -0.05) is 6.07 Å². The third-order valence-electron chi connectivity index (χ3n) is 4.40. The molecule has 0 aromatic carbocycles. The molecule has 0 aliphatic carbocycles. The van der Waals surface area contributed by atoms with Gasteiger partial charge < -0.3 is 4.90 Å². The summed E-state index contributed by atoms with van der Waals surface area (Å²) in [5.74, 6) is 1.31. The van der Waals surface area contributed by atoms with Gasteiger partial charge in [0, 0.05) is 31.0 Å². The second-order valence-electron chi connectivity index (χ2n) is 6.18. The summed E-state index contributed by atoms with van der Waals surface area (Å²) in [6.45, 7) is 3.76. The van der Waals surface area contributed by atoms with Crippen LogP contribution < -0.4 is 10.9 Å². The predicted octanol–water partition coefficient (Wildman–Crippen LogP) is 1.76. The second kappa shape index (κ2) is 6.07. The van der Waals surface area contributed by atoms with Gasteiger partial charge in [0.25, 0.3) is 5.56 Å². The monoisotopic (exact) mass is 324 g/mol. The van der Waals surface area contributed by atoms with Crippen molar-refractivity contribution >= 4 is 11.9 Å². The molecule has 1 unspecified atom stereocenters. The lowest BCUT2D eigenvalue weighted by Gasteiger charge is -2.34. The molecule has 2 aromatic rings. The molecular weight excluding hydrogens is 304 g/mol. The topological polar surface area (TPSA) is 75.4 Å². The third kappa shape index (κ3) is 2.66. The third-order valence-corrected chi connectivity index (χ3v) is 4.40. The summed E-state index contributed by atoms with van der Waals surface area (Å²) >= 11 is 0. The van der Waals surface area contributed by atoms with Crippen molar-refractivity contribution in [3.63, 3.8) is 0 Å². The number of hydrogen-bond donors (Lipinski definition) is 1. The highest BCUT2D eigenvalue weighted by molar-refractivity contribution is 5.93. The van der Waals surface area contributed by atoms with Crippen molar-refractivity contribution in [2.24, 2.45) is 4.99 Å². The van der Waals surface area contributed by atoms with Gasteiger partial charge in [0.1, 0.15) is 0 Å². The van der Waals surface area contributed by atoms with Crippen molar-refractivity contribution in [2.45, 2.75) is 32.4 Å². The van der Waals surface area contributed by atoms with Crippen LogP contribution in [0.25, 0.3) is 0 Å². The van der Waals surface area contributed by atoms with E-state index in [1.165, 1.54) is 12.5 Å². The first-order valence-electron chi connectivity index (χ1n) is 8.33. The van der Waals surface area contributed by atoms with Crippen molar-refractivity contribution in [1.29, 1.82) is 0 Å². The summed E-state index contributed by atoms with van der Waals surface area (Å²) in [5.41, 5.74) is 1.31. The molecule has 1 saturated heterocycles. The van der Waals surface area contributed by atoms with Crippen LogP contribution in [0.15, 0.2) is 40.2 Å². The Morgan fingerprint density at radius 2 is 2.04 bits per heavy atom. The van der Waals surface area contributed by atoms with E-state index >= 15 is 0 Å². The van der Waals surface area contributed by atoms with Gasteiger partial charge in [0.15, 0.2) is 6.17 Å². The van der Waals surface area contributed by atoms with E-state index in [1.807, 2.05) is 25.1 Å². The number of nitrogens with zero attached hydrogens (tertiary/aromatic N) is 5. The molecule has 7 nitrogen and oxygen atoms in total. The number of hydrogen-bond acceptors (Lipinski definition) is 6. The van der Waals surface area contributed by atoms with E-state index in [-0.39, 0.29) is 5.56 Å². The predicted molar refractivity (Wildman–Crippen MR) is 92.1 cm³/mol. The van der Waals surface area contributed by atoms with Crippen LogP contribution in [0.2, 0.25) is 0 Å². The summed E-state index contributed by atoms with van der Waals surface area (Å²) < 4.78 is 1.57. The quantitative estimate of drug-likeness (QED) is 0.865. The number of anilines is 1. The standard InChI is InChI=1S/C17H20N6O/c1-12-11-14(24)23-15(13-7-3-4-8-18-13)20-16(21-17(23)19-12)22-9-5-2-6-10-22/h3-4,7-8,11,15H,2,5-6,9-10H2,1H3,(H,19,20,21). The molecule has 0 radical (unpaired) electrons. The molecule has 0 saturated carbocycles. The number of aryl methyl sites for hydroxylation is 1. The van der Waals surface area contributed by atoms with E-state index < -0.39 is 6.17 Å². The summed E-state index contributed by atoms with van der Waals surface area (Å²) in [7, 11) is 0. The van der Waals surface area contributed by atoms with Crippen LogP contribution >= 0.6 is 0 Å². The van der Waals surface area contributed by atoms with Crippen molar-refractivity contribution in [3.8, 4) is 0 Å². The molecule has 2 aliphatic rings. The molecule has 24 heavy (non-hydrogen) atoms. The van der Waals surface area contributed by atoms with E-state index in [0.717, 1.165) is 37.6 Å². The normalized spacial score (nSPS) is 20.1. The number of piperidine rings is 1. The lowest BCUT2D eigenvalue weighted by molar-refractivity contribution is 0.335. The maximum absolute atomic E-state index is 12.5. The van der Waals surface area contributed by atoms with Crippen LogP contribution in [-0.4, -0.2) is 38.5 Å². The molecule has 4 heterocycles. The number of nitrogens with one attached hydrogen (secondary N) is 1. The number of fused-ring (bicyclic) bond motifs is 1. The Labute approximate surface area is 140 Å². The van der Waals surface area contributed by atoms with E-state index in [9.17, 15) is 4.79 Å². The average molecular weight is 324 g/mol. The number of aliphatic imine (C=N–C) groups is 1. The summed E-state index contributed by atoms with van der Waals surface area (Å²) in [6.07, 6.45) is 4.80. The molecule has 124 valence electrons. The van der Waals surface area contributed by atoms with Gasteiger partial charge in [0.2, 0.25) is 11.9 Å². The van der Waals surface area contributed by atoms with Crippen LogP contribution in [-0.2, 0) is 0 Å². The minimum absolute atomic E-state index is 0.123. The fourth-order valence-corrected chi connectivity index (χ4v) is 3.23. The number of likely N-dealkylation sites (tertiary alicyclic amines) is 1. The zero-order chi connectivity index (χ0) is 16.5. The first-order valence-corrected chi connectivity index (χ1v) is 8.33. The van der Waals surface area contributed by atoms with Crippen LogP contribution in [0.5, 0.6) is 0 Å². The van der Waals surface area contributed by atoms with Crippen molar-refractivity contribution in [2.75, 3.05) is 18.4 Å². The summed E-state index contributed by atoms with van der Waals surface area (Å²) in [5, 5.41) is 3.25.